The molecule has 1 aromatic carbocycles. The molecular formula is C25H34O2. The first-order chi connectivity index (χ1) is 12.7. The number of hydrogen-bond donors (Lipinski definition) is 0. The standard InChI is InChI=1S/C25H34O2/c1-7-9-22(26)19-11-10-18(12-23(19)27)24-16(4)15(3)20-13-25(6,8-2)14-21(20)17(24)5/h11,18H,7-10,12-14H2,1-6H3. The maximum atomic E-state index is 12.7. The van der Waals surface area contributed by atoms with Crippen molar-refractivity contribution in [3.05, 3.63) is 45.0 Å². The van der Waals surface area contributed by atoms with E-state index >= 15 is 0 Å². The summed E-state index contributed by atoms with van der Waals surface area (Å²) in [5.74, 6) is 0.284. The van der Waals surface area contributed by atoms with Crippen molar-refractivity contribution in [3.8, 4) is 0 Å². The fraction of sp³-hybridized carbons (Fsp3) is 0.600. The van der Waals surface area contributed by atoms with Gasteiger partial charge in [0.1, 0.15) is 0 Å². The van der Waals surface area contributed by atoms with Crippen LogP contribution in [0.1, 0.15) is 92.2 Å². The number of Topliss-reactive ketones (excluding diaryl/α,β-unsaturated/α-hetero) is 2. The van der Waals surface area contributed by atoms with Gasteiger partial charge in [-0.05, 0) is 91.2 Å². The SMILES string of the molecule is CCCC(=O)C1=CCC(c2c(C)c(C)c3c(c2C)CC(C)(CC)C3)CC1=O. The van der Waals surface area contributed by atoms with Crippen molar-refractivity contribution in [2.45, 2.75) is 92.4 Å². The molecule has 2 unspecified atom stereocenters. The minimum atomic E-state index is 0.0261. The highest BCUT2D eigenvalue weighted by molar-refractivity contribution is 6.20. The van der Waals surface area contributed by atoms with Crippen LogP contribution >= 0.6 is 0 Å². The third kappa shape index (κ3) is 3.44. The molecule has 0 bridgehead atoms. The van der Waals surface area contributed by atoms with Gasteiger partial charge in [0.05, 0.1) is 5.57 Å². The predicted octanol–water partition coefficient (Wildman–Crippen LogP) is 5.87. The summed E-state index contributed by atoms with van der Waals surface area (Å²) in [6.07, 6.45) is 8.00. The second-order valence-electron chi connectivity index (χ2n) is 9.11. The Labute approximate surface area is 164 Å². The second kappa shape index (κ2) is 7.37. The number of carbonyl (C=O) groups excluding carboxylic acids is 2. The molecule has 2 aliphatic carbocycles. The van der Waals surface area contributed by atoms with Gasteiger partial charge in [0.25, 0.3) is 0 Å². The summed E-state index contributed by atoms with van der Waals surface area (Å²) in [4.78, 5) is 24.9. The van der Waals surface area contributed by atoms with Gasteiger partial charge in [-0.2, -0.15) is 0 Å². The molecule has 2 atom stereocenters. The third-order valence-electron chi connectivity index (χ3n) is 7.23. The van der Waals surface area contributed by atoms with Gasteiger partial charge in [0.2, 0.25) is 0 Å². The van der Waals surface area contributed by atoms with Crippen LogP contribution in [0.2, 0.25) is 0 Å². The maximum absolute atomic E-state index is 12.7. The van der Waals surface area contributed by atoms with Gasteiger partial charge in [-0.3, -0.25) is 9.59 Å². The number of fused-ring (bicyclic) bond motifs is 1. The van der Waals surface area contributed by atoms with Crippen molar-refractivity contribution in [2.75, 3.05) is 0 Å². The number of ketones is 2. The molecule has 3 rings (SSSR count). The fourth-order valence-electron chi connectivity index (χ4n) is 5.22. The molecule has 0 aliphatic heterocycles. The molecule has 2 nitrogen and oxygen atoms in total. The summed E-state index contributed by atoms with van der Waals surface area (Å²) in [6.45, 7) is 13.4. The molecule has 2 aliphatic rings. The van der Waals surface area contributed by atoms with Gasteiger partial charge in [0, 0.05) is 12.8 Å². The summed E-state index contributed by atoms with van der Waals surface area (Å²) in [7, 11) is 0. The Kier molecular flexibility index (Phi) is 5.47. The summed E-state index contributed by atoms with van der Waals surface area (Å²) in [5, 5.41) is 0. The van der Waals surface area contributed by atoms with Gasteiger partial charge < -0.3 is 0 Å². The van der Waals surface area contributed by atoms with Crippen molar-refractivity contribution in [1.82, 2.24) is 0 Å². The molecule has 1 aromatic rings. The van der Waals surface area contributed by atoms with Gasteiger partial charge in [-0.15, -0.1) is 0 Å². The fourth-order valence-corrected chi connectivity index (χ4v) is 5.22. The molecule has 0 saturated carbocycles. The maximum Gasteiger partial charge on any atom is 0.166 e. The molecular weight excluding hydrogens is 332 g/mol. The topological polar surface area (TPSA) is 34.1 Å². The van der Waals surface area contributed by atoms with Crippen LogP contribution in [0.5, 0.6) is 0 Å². The van der Waals surface area contributed by atoms with Crippen LogP contribution in [-0.2, 0) is 22.4 Å². The average molecular weight is 367 g/mol. The lowest BCUT2D eigenvalue weighted by molar-refractivity contribution is -0.122. The molecule has 146 valence electrons. The number of carbonyl (C=O) groups is 2. The van der Waals surface area contributed by atoms with Crippen LogP contribution in [0.25, 0.3) is 0 Å². The highest BCUT2D eigenvalue weighted by Gasteiger charge is 2.36. The number of hydrogen-bond acceptors (Lipinski definition) is 2. The van der Waals surface area contributed by atoms with Crippen molar-refractivity contribution in [3.63, 3.8) is 0 Å². The quantitative estimate of drug-likeness (QED) is 0.611. The van der Waals surface area contributed by atoms with Crippen LogP contribution < -0.4 is 0 Å². The number of rotatable bonds is 5. The lowest BCUT2D eigenvalue weighted by Crippen LogP contribution is -2.21. The molecule has 27 heavy (non-hydrogen) atoms. The smallest absolute Gasteiger partial charge is 0.166 e. The molecule has 0 fully saturated rings. The van der Waals surface area contributed by atoms with E-state index in [4.69, 9.17) is 0 Å². The molecule has 0 radical (unpaired) electrons. The van der Waals surface area contributed by atoms with Gasteiger partial charge >= 0.3 is 0 Å². The van der Waals surface area contributed by atoms with Crippen molar-refractivity contribution >= 4 is 11.6 Å². The minimum Gasteiger partial charge on any atom is -0.294 e. The van der Waals surface area contributed by atoms with E-state index in [0.29, 0.717) is 23.8 Å². The van der Waals surface area contributed by atoms with Crippen LogP contribution in [0.3, 0.4) is 0 Å². The van der Waals surface area contributed by atoms with E-state index < -0.39 is 0 Å². The molecule has 2 heteroatoms. The lowest BCUT2D eigenvalue weighted by Gasteiger charge is -2.27. The molecule has 0 aromatic heterocycles. The van der Waals surface area contributed by atoms with Crippen molar-refractivity contribution in [2.24, 2.45) is 5.41 Å². The van der Waals surface area contributed by atoms with E-state index in [2.05, 4.69) is 34.6 Å². The monoisotopic (exact) mass is 366 g/mol. The van der Waals surface area contributed by atoms with E-state index in [1.54, 1.807) is 5.56 Å². The summed E-state index contributed by atoms with van der Waals surface area (Å²) in [6, 6.07) is 0. The minimum absolute atomic E-state index is 0.0261. The molecule has 0 saturated heterocycles. The van der Waals surface area contributed by atoms with E-state index in [9.17, 15) is 9.59 Å². The Morgan fingerprint density at radius 1 is 1.07 bits per heavy atom. The van der Waals surface area contributed by atoms with Crippen molar-refractivity contribution in [1.29, 1.82) is 0 Å². The zero-order valence-electron chi connectivity index (χ0n) is 17.9. The molecule has 0 heterocycles. The molecule has 0 spiro atoms. The van der Waals surface area contributed by atoms with Gasteiger partial charge in [0.15, 0.2) is 11.6 Å². The summed E-state index contributed by atoms with van der Waals surface area (Å²) < 4.78 is 0. The highest BCUT2D eigenvalue weighted by atomic mass is 16.1. The van der Waals surface area contributed by atoms with Crippen LogP contribution in [0.4, 0.5) is 0 Å². The number of benzene rings is 1. The summed E-state index contributed by atoms with van der Waals surface area (Å²) >= 11 is 0. The Morgan fingerprint density at radius 2 is 1.70 bits per heavy atom. The first kappa shape index (κ1) is 20.0. The van der Waals surface area contributed by atoms with Gasteiger partial charge in [-0.1, -0.05) is 33.3 Å². The molecule has 0 N–H and O–H groups in total. The Morgan fingerprint density at radius 3 is 2.26 bits per heavy atom. The van der Waals surface area contributed by atoms with E-state index in [-0.39, 0.29) is 17.5 Å². The Balaban J connectivity index is 1.98. The van der Waals surface area contributed by atoms with E-state index in [0.717, 1.165) is 19.3 Å². The van der Waals surface area contributed by atoms with Crippen molar-refractivity contribution < 1.29 is 9.59 Å². The third-order valence-corrected chi connectivity index (χ3v) is 7.23. The van der Waals surface area contributed by atoms with Crippen LogP contribution in [0, 0.1) is 26.2 Å². The summed E-state index contributed by atoms with van der Waals surface area (Å²) in [5.41, 5.74) is 9.47. The first-order valence-electron chi connectivity index (χ1n) is 10.6. The zero-order valence-corrected chi connectivity index (χ0v) is 17.9. The Hall–Kier alpha value is -1.70. The van der Waals surface area contributed by atoms with Crippen LogP contribution in [-0.4, -0.2) is 11.6 Å². The second-order valence-corrected chi connectivity index (χ2v) is 9.11. The first-order valence-corrected chi connectivity index (χ1v) is 10.6. The van der Waals surface area contributed by atoms with E-state index in [1.165, 1.54) is 40.7 Å². The van der Waals surface area contributed by atoms with E-state index in [1.807, 2.05) is 13.0 Å². The predicted molar refractivity (Wildman–Crippen MR) is 111 cm³/mol. The number of allylic oxidation sites excluding steroid dienone is 2. The average Bonchev–Trinajstić information content (AvgIpc) is 2.99. The lowest BCUT2D eigenvalue weighted by atomic mass is 9.76. The molecule has 0 amide bonds. The largest absolute Gasteiger partial charge is 0.294 e. The normalized spacial score (nSPS) is 24.7. The Bertz CT molecular complexity index is 827. The highest BCUT2D eigenvalue weighted by Crippen LogP contribution is 2.46. The van der Waals surface area contributed by atoms with Crippen LogP contribution in [0.15, 0.2) is 11.6 Å². The zero-order chi connectivity index (χ0) is 19.9. The van der Waals surface area contributed by atoms with Gasteiger partial charge in [-0.25, -0.2) is 0 Å².